The molecule has 0 bridgehead atoms. The number of rotatable bonds is 4. The summed E-state index contributed by atoms with van der Waals surface area (Å²) in [5.41, 5.74) is 2.83. The van der Waals surface area contributed by atoms with Crippen molar-refractivity contribution >= 4 is 17.2 Å². The van der Waals surface area contributed by atoms with Gasteiger partial charge in [-0.1, -0.05) is 0 Å². The van der Waals surface area contributed by atoms with E-state index in [1.165, 1.54) is 10.4 Å². The van der Waals surface area contributed by atoms with Crippen LogP contribution in [0.15, 0.2) is 17.5 Å². The molecule has 1 aliphatic rings. The predicted octanol–water partition coefficient (Wildman–Crippen LogP) is 2.80. The molecule has 130 valence electrons. The number of carbonyl (C=O) groups excluding carboxylic acids is 1. The van der Waals surface area contributed by atoms with Gasteiger partial charge in [-0.25, -0.2) is 0 Å². The number of thiophene rings is 1. The van der Waals surface area contributed by atoms with Gasteiger partial charge in [0.1, 0.15) is 5.69 Å². The summed E-state index contributed by atoms with van der Waals surface area (Å²) in [7, 11) is 0. The molecule has 0 saturated heterocycles. The standard InChI is InChI=1S/C18H26N4OS/c1-13-11-15(20-22(13)18(2,3)4)17(23)19-7-9-21-8-5-16-14(12-21)6-10-24-16/h6,10-11H,5,7-9,12H2,1-4H3,(H,19,23). The third kappa shape index (κ3) is 3.70. The highest BCUT2D eigenvalue weighted by atomic mass is 32.1. The van der Waals surface area contributed by atoms with Crippen LogP contribution in [-0.2, 0) is 18.5 Å². The van der Waals surface area contributed by atoms with Crippen LogP contribution >= 0.6 is 11.3 Å². The van der Waals surface area contributed by atoms with E-state index in [4.69, 9.17) is 0 Å². The minimum Gasteiger partial charge on any atom is -0.349 e. The van der Waals surface area contributed by atoms with Gasteiger partial charge >= 0.3 is 0 Å². The number of nitrogens with one attached hydrogen (secondary N) is 1. The van der Waals surface area contributed by atoms with Crippen LogP contribution in [0.1, 0.15) is 47.4 Å². The van der Waals surface area contributed by atoms with Gasteiger partial charge in [0.15, 0.2) is 0 Å². The number of nitrogens with zero attached hydrogens (tertiary/aromatic N) is 3. The maximum atomic E-state index is 12.3. The van der Waals surface area contributed by atoms with Crippen LogP contribution in [0.3, 0.4) is 0 Å². The number of aromatic nitrogens is 2. The lowest BCUT2D eigenvalue weighted by Gasteiger charge is -2.26. The number of carbonyl (C=O) groups is 1. The van der Waals surface area contributed by atoms with E-state index in [0.717, 1.165) is 31.7 Å². The molecule has 0 spiro atoms. The summed E-state index contributed by atoms with van der Waals surface area (Å²) < 4.78 is 1.91. The summed E-state index contributed by atoms with van der Waals surface area (Å²) in [4.78, 5) is 16.2. The lowest BCUT2D eigenvalue weighted by atomic mass is 10.1. The molecule has 5 nitrogen and oxygen atoms in total. The van der Waals surface area contributed by atoms with Gasteiger partial charge in [-0.15, -0.1) is 11.3 Å². The van der Waals surface area contributed by atoms with Crippen molar-refractivity contribution < 1.29 is 4.79 Å². The SMILES string of the molecule is Cc1cc(C(=O)NCCN2CCc3sccc3C2)nn1C(C)(C)C. The van der Waals surface area contributed by atoms with Crippen LogP contribution in [-0.4, -0.2) is 40.2 Å². The highest BCUT2D eigenvalue weighted by molar-refractivity contribution is 7.10. The predicted molar refractivity (Wildman–Crippen MR) is 97.6 cm³/mol. The number of hydrogen-bond acceptors (Lipinski definition) is 4. The van der Waals surface area contributed by atoms with Crippen molar-refractivity contribution in [1.82, 2.24) is 20.0 Å². The molecule has 6 heteroatoms. The van der Waals surface area contributed by atoms with Crippen molar-refractivity contribution in [2.75, 3.05) is 19.6 Å². The quantitative estimate of drug-likeness (QED) is 0.926. The summed E-state index contributed by atoms with van der Waals surface area (Å²) in [5, 5.41) is 9.63. The first kappa shape index (κ1) is 17.2. The summed E-state index contributed by atoms with van der Waals surface area (Å²) >= 11 is 1.85. The number of amides is 1. The third-order valence-electron chi connectivity index (χ3n) is 4.36. The van der Waals surface area contributed by atoms with E-state index >= 15 is 0 Å². The molecule has 0 radical (unpaired) electrons. The van der Waals surface area contributed by atoms with Crippen LogP contribution < -0.4 is 5.32 Å². The molecule has 0 saturated carbocycles. The van der Waals surface area contributed by atoms with Gasteiger partial charge in [0.25, 0.3) is 5.91 Å². The maximum Gasteiger partial charge on any atom is 0.271 e. The van der Waals surface area contributed by atoms with Crippen LogP contribution in [0.4, 0.5) is 0 Å². The number of hydrogen-bond donors (Lipinski definition) is 1. The molecule has 1 aliphatic heterocycles. The number of fused-ring (bicyclic) bond motifs is 1. The van der Waals surface area contributed by atoms with Gasteiger partial charge in [-0.05, 0) is 57.2 Å². The smallest absolute Gasteiger partial charge is 0.271 e. The Hall–Kier alpha value is -1.66. The van der Waals surface area contributed by atoms with Crippen LogP contribution in [0, 0.1) is 6.92 Å². The molecule has 1 amide bonds. The van der Waals surface area contributed by atoms with Gasteiger partial charge in [0, 0.05) is 36.8 Å². The molecule has 0 atom stereocenters. The zero-order valence-corrected chi connectivity index (χ0v) is 15.7. The highest BCUT2D eigenvalue weighted by Gasteiger charge is 2.21. The van der Waals surface area contributed by atoms with Crippen molar-refractivity contribution in [3.63, 3.8) is 0 Å². The molecule has 0 unspecified atom stereocenters. The normalized spacial score (nSPS) is 15.3. The molecule has 0 fully saturated rings. The molecular formula is C18H26N4OS. The van der Waals surface area contributed by atoms with E-state index < -0.39 is 0 Å². The Morgan fingerprint density at radius 3 is 2.92 bits per heavy atom. The van der Waals surface area contributed by atoms with Gasteiger partial charge in [-0.2, -0.15) is 5.10 Å². The highest BCUT2D eigenvalue weighted by Crippen LogP contribution is 2.23. The van der Waals surface area contributed by atoms with Crippen molar-refractivity contribution in [1.29, 1.82) is 0 Å². The minimum absolute atomic E-state index is 0.0886. The molecule has 3 rings (SSSR count). The summed E-state index contributed by atoms with van der Waals surface area (Å²) in [6.07, 6.45) is 1.12. The lowest BCUT2D eigenvalue weighted by Crippen LogP contribution is -2.37. The Morgan fingerprint density at radius 1 is 1.42 bits per heavy atom. The topological polar surface area (TPSA) is 50.2 Å². The Morgan fingerprint density at radius 2 is 2.21 bits per heavy atom. The minimum atomic E-state index is -0.116. The van der Waals surface area contributed by atoms with Crippen molar-refractivity contribution in [3.8, 4) is 0 Å². The lowest BCUT2D eigenvalue weighted by molar-refractivity contribution is 0.0940. The number of aryl methyl sites for hydroxylation is 1. The van der Waals surface area contributed by atoms with E-state index in [1.807, 2.05) is 29.0 Å². The zero-order valence-electron chi connectivity index (χ0n) is 14.9. The molecule has 24 heavy (non-hydrogen) atoms. The second-order valence-electron chi connectivity index (χ2n) is 7.40. The summed E-state index contributed by atoms with van der Waals surface area (Å²) in [6, 6.07) is 4.08. The average molecular weight is 347 g/mol. The fraction of sp³-hybridized carbons (Fsp3) is 0.556. The van der Waals surface area contributed by atoms with E-state index in [1.54, 1.807) is 0 Å². The Bertz CT molecular complexity index is 726. The first-order valence-corrected chi connectivity index (χ1v) is 9.35. The van der Waals surface area contributed by atoms with Crippen molar-refractivity contribution in [3.05, 3.63) is 39.3 Å². The molecule has 1 N–H and O–H groups in total. The first-order valence-electron chi connectivity index (χ1n) is 8.47. The second-order valence-corrected chi connectivity index (χ2v) is 8.41. The summed E-state index contributed by atoms with van der Waals surface area (Å²) in [5.74, 6) is -0.0886. The van der Waals surface area contributed by atoms with E-state index in [-0.39, 0.29) is 11.4 Å². The third-order valence-corrected chi connectivity index (χ3v) is 5.38. The molecule has 3 heterocycles. The molecular weight excluding hydrogens is 320 g/mol. The fourth-order valence-electron chi connectivity index (χ4n) is 3.18. The van der Waals surface area contributed by atoms with Crippen LogP contribution in [0.5, 0.6) is 0 Å². The molecule has 2 aromatic heterocycles. The van der Waals surface area contributed by atoms with E-state index in [0.29, 0.717) is 12.2 Å². The largest absolute Gasteiger partial charge is 0.349 e. The van der Waals surface area contributed by atoms with Gasteiger partial charge in [0.2, 0.25) is 0 Å². The summed E-state index contributed by atoms with van der Waals surface area (Å²) in [6.45, 7) is 11.8. The Kier molecular flexibility index (Phi) is 4.78. The second kappa shape index (κ2) is 6.69. The Balaban J connectivity index is 1.52. The van der Waals surface area contributed by atoms with Crippen molar-refractivity contribution in [2.24, 2.45) is 0 Å². The van der Waals surface area contributed by atoms with Crippen LogP contribution in [0.2, 0.25) is 0 Å². The van der Waals surface area contributed by atoms with E-state index in [2.05, 4.69) is 47.5 Å². The molecule has 0 aromatic carbocycles. The molecule has 2 aromatic rings. The van der Waals surface area contributed by atoms with E-state index in [9.17, 15) is 4.79 Å². The average Bonchev–Trinajstić information content (AvgIpc) is 3.12. The maximum absolute atomic E-state index is 12.3. The van der Waals surface area contributed by atoms with Gasteiger partial charge < -0.3 is 5.32 Å². The van der Waals surface area contributed by atoms with Crippen LogP contribution in [0.25, 0.3) is 0 Å². The monoisotopic (exact) mass is 346 g/mol. The first-order chi connectivity index (χ1) is 11.3. The fourth-order valence-corrected chi connectivity index (χ4v) is 4.07. The Labute approximate surface area is 147 Å². The van der Waals surface area contributed by atoms with Gasteiger partial charge in [0.05, 0.1) is 5.54 Å². The van der Waals surface area contributed by atoms with Crippen molar-refractivity contribution in [2.45, 2.75) is 46.2 Å². The van der Waals surface area contributed by atoms with Gasteiger partial charge in [-0.3, -0.25) is 14.4 Å². The molecule has 0 aliphatic carbocycles. The zero-order chi connectivity index (χ0) is 17.3.